The average Bonchev–Trinajstić information content (AvgIpc) is 2.35. The van der Waals surface area contributed by atoms with Crippen molar-refractivity contribution in [1.82, 2.24) is 10.2 Å². The van der Waals surface area contributed by atoms with Gasteiger partial charge < -0.3 is 15.3 Å². The molecular weight excluding hydrogens is 234 g/mol. The van der Waals surface area contributed by atoms with Crippen molar-refractivity contribution in [3.8, 4) is 0 Å². The number of nitrogens with zero attached hydrogens (tertiary/aromatic N) is 2. The number of hydrogen-bond acceptors (Lipinski definition) is 3. The lowest BCUT2D eigenvalue weighted by atomic mass is 10.1. The predicted molar refractivity (Wildman–Crippen MR) is 75.8 cm³/mol. The molecule has 1 rings (SSSR count). The van der Waals surface area contributed by atoms with E-state index in [4.69, 9.17) is 0 Å². The number of aliphatic imine (C=N–C) groups is 1. The zero-order chi connectivity index (χ0) is 12.7. The fraction of sp³-hybridized carbons (Fsp3) is 0.917. The first-order valence-electron chi connectivity index (χ1n) is 6.41. The minimum atomic E-state index is -0.126. The standard InChI is InChI=1S/C12H25N3OS/c1-4-13-12(14-9-10(2)17-3)15-7-5-11(16)6-8-15/h10-11,16H,4-9H2,1-3H3,(H,13,14). The Morgan fingerprint density at radius 2 is 2.18 bits per heavy atom. The molecule has 1 saturated heterocycles. The van der Waals surface area contributed by atoms with E-state index in [1.54, 1.807) is 0 Å². The molecule has 0 spiro atoms. The van der Waals surface area contributed by atoms with E-state index in [2.05, 4.69) is 35.3 Å². The lowest BCUT2D eigenvalue weighted by Gasteiger charge is -2.32. The number of aliphatic hydroxyl groups excluding tert-OH is 1. The summed E-state index contributed by atoms with van der Waals surface area (Å²) < 4.78 is 0. The molecule has 0 aromatic heterocycles. The molecule has 0 radical (unpaired) electrons. The van der Waals surface area contributed by atoms with E-state index in [-0.39, 0.29) is 6.10 Å². The van der Waals surface area contributed by atoms with Gasteiger partial charge in [0.05, 0.1) is 12.6 Å². The molecule has 0 aromatic carbocycles. The Morgan fingerprint density at radius 3 is 2.71 bits per heavy atom. The molecule has 17 heavy (non-hydrogen) atoms. The molecule has 5 heteroatoms. The van der Waals surface area contributed by atoms with E-state index in [0.29, 0.717) is 5.25 Å². The largest absolute Gasteiger partial charge is 0.393 e. The van der Waals surface area contributed by atoms with Crippen LogP contribution < -0.4 is 5.32 Å². The van der Waals surface area contributed by atoms with E-state index in [1.165, 1.54) is 0 Å². The Labute approximate surface area is 109 Å². The van der Waals surface area contributed by atoms with Gasteiger partial charge in [0.25, 0.3) is 0 Å². The smallest absolute Gasteiger partial charge is 0.193 e. The number of piperidine rings is 1. The lowest BCUT2D eigenvalue weighted by Crippen LogP contribution is -2.46. The fourth-order valence-electron chi connectivity index (χ4n) is 1.79. The van der Waals surface area contributed by atoms with Gasteiger partial charge in [0.1, 0.15) is 0 Å². The Hall–Kier alpha value is -0.420. The molecule has 2 N–H and O–H groups in total. The van der Waals surface area contributed by atoms with Crippen molar-refractivity contribution in [2.24, 2.45) is 4.99 Å². The highest BCUT2D eigenvalue weighted by atomic mass is 32.2. The van der Waals surface area contributed by atoms with Crippen LogP contribution >= 0.6 is 11.8 Å². The maximum atomic E-state index is 9.50. The molecule has 1 aliphatic heterocycles. The summed E-state index contributed by atoms with van der Waals surface area (Å²) in [5, 5.41) is 13.4. The molecule has 0 amide bonds. The second-order valence-corrected chi connectivity index (χ2v) is 5.74. The van der Waals surface area contributed by atoms with Crippen LogP contribution in [0.1, 0.15) is 26.7 Å². The number of likely N-dealkylation sites (tertiary alicyclic amines) is 1. The van der Waals surface area contributed by atoms with E-state index < -0.39 is 0 Å². The highest BCUT2D eigenvalue weighted by molar-refractivity contribution is 7.99. The monoisotopic (exact) mass is 259 g/mol. The van der Waals surface area contributed by atoms with Crippen LogP contribution in [0.2, 0.25) is 0 Å². The highest BCUT2D eigenvalue weighted by Crippen LogP contribution is 2.11. The molecule has 0 aromatic rings. The summed E-state index contributed by atoms with van der Waals surface area (Å²) >= 11 is 1.84. The summed E-state index contributed by atoms with van der Waals surface area (Å²) in [5.74, 6) is 1.00. The molecular formula is C12H25N3OS. The zero-order valence-electron chi connectivity index (χ0n) is 11.1. The molecule has 0 bridgehead atoms. The number of hydrogen-bond donors (Lipinski definition) is 2. The van der Waals surface area contributed by atoms with Crippen LogP contribution in [-0.4, -0.2) is 59.8 Å². The Balaban J connectivity index is 2.52. The van der Waals surface area contributed by atoms with Crippen LogP contribution in [0.4, 0.5) is 0 Å². The molecule has 1 fully saturated rings. The van der Waals surface area contributed by atoms with Crippen molar-refractivity contribution in [2.45, 2.75) is 38.0 Å². The summed E-state index contributed by atoms with van der Waals surface area (Å²) in [5.41, 5.74) is 0. The van der Waals surface area contributed by atoms with Crippen LogP contribution in [0.25, 0.3) is 0 Å². The zero-order valence-corrected chi connectivity index (χ0v) is 12.0. The first kappa shape index (κ1) is 14.6. The summed E-state index contributed by atoms with van der Waals surface area (Å²) in [6, 6.07) is 0. The number of rotatable bonds is 4. The topological polar surface area (TPSA) is 47.9 Å². The van der Waals surface area contributed by atoms with Crippen LogP contribution in [0, 0.1) is 0 Å². The minimum Gasteiger partial charge on any atom is -0.393 e. The van der Waals surface area contributed by atoms with Gasteiger partial charge in [0.15, 0.2) is 5.96 Å². The maximum absolute atomic E-state index is 9.50. The van der Waals surface area contributed by atoms with Gasteiger partial charge in [-0.1, -0.05) is 6.92 Å². The van der Waals surface area contributed by atoms with Crippen LogP contribution in [0.3, 0.4) is 0 Å². The third-order valence-electron chi connectivity index (χ3n) is 3.00. The van der Waals surface area contributed by atoms with Crippen molar-refractivity contribution in [3.63, 3.8) is 0 Å². The second kappa shape index (κ2) is 7.82. The summed E-state index contributed by atoms with van der Waals surface area (Å²) in [7, 11) is 0. The molecule has 100 valence electrons. The van der Waals surface area contributed by atoms with E-state index in [0.717, 1.165) is 45.0 Å². The van der Waals surface area contributed by atoms with Gasteiger partial charge in [-0.2, -0.15) is 11.8 Å². The Morgan fingerprint density at radius 1 is 1.53 bits per heavy atom. The normalized spacial score (nSPS) is 20.5. The number of aliphatic hydroxyl groups is 1. The van der Waals surface area contributed by atoms with Gasteiger partial charge in [0.2, 0.25) is 0 Å². The minimum absolute atomic E-state index is 0.126. The van der Waals surface area contributed by atoms with Gasteiger partial charge in [-0.05, 0) is 26.0 Å². The van der Waals surface area contributed by atoms with E-state index in [1.807, 2.05) is 11.8 Å². The van der Waals surface area contributed by atoms with Crippen molar-refractivity contribution in [3.05, 3.63) is 0 Å². The Bertz CT molecular complexity index is 240. The van der Waals surface area contributed by atoms with Crippen LogP contribution in [-0.2, 0) is 0 Å². The molecule has 1 atom stereocenters. The molecule has 0 aliphatic carbocycles. The second-order valence-electron chi connectivity index (χ2n) is 4.46. The molecule has 1 aliphatic rings. The summed E-state index contributed by atoms with van der Waals surface area (Å²) in [6.45, 7) is 7.83. The van der Waals surface area contributed by atoms with Gasteiger partial charge in [0, 0.05) is 24.9 Å². The molecule has 1 heterocycles. The van der Waals surface area contributed by atoms with Crippen LogP contribution in [0.15, 0.2) is 4.99 Å². The fourth-order valence-corrected chi connectivity index (χ4v) is 2.02. The van der Waals surface area contributed by atoms with E-state index in [9.17, 15) is 5.11 Å². The van der Waals surface area contributed by atoms with Crippen molar-refractivity contribution < 1.29 is 5.11 Å². The van der Waals surface area contributed by atoms with Crippen molar-refractivity contribution in [1.29, 1.82) is 0 Å². The molecule has 0 saturated carbocycles. The first-order chi connectivity index (χ1) is 8.17. The van der Waals surface area contributed by atoms with E-state index >= 15 is 0 Å². The van der Waals surface area contributed by atoms with Gasteiger partial charge >= 0.3 is 0 Å². The maximum Gasteiger partial charge on any atom is 0.193 e. The third-order valence-corrected chi connectivity index (χ3v) is 3.95. The van der Waals surface area contributed by atoms with Gasteiger partial charge in [-0.15, -0.1) is 0 Å². The molecule has 1 unspecified atom stereocenters. The van der Waals surface area contributed by atoms with Gasteiger partial charge in [-0.3, -0.25) is 4.99 Å². The van der Waals surface area contributed by atoms with Gasteiger partial charge in [-0.25, -0.2) is 0 Å². The summed E-state index contributed by atoms with van der Waals surface area (Å²) in [4.78, 5) is 6.92. The van der Waals surface area contributed by atoms with Crippen molar-refractivity contribution in [2.75, 3.05) is 32.4 Å². The predicted octanol–water partition coefficient (Wildman–Crippen LogP) is 1.16. The first-order valence-corrected chi connectivity index (χ1v) is 7.70. The number of nitrogens with one attached hydrogen (secondary N) is 1. The number of guanidine groups is 1. The van der Waals surface area contributed by atoms with Crippen LogP contribution in [0.5, 0.6) is 0 Å². The lowest BCUT2D eigenvalue weighted by molar-refractivity contribution is 0.108. The average molecular weight is 259 g/mol. The van der Waals surface area contributed by atoms with Crippen molar-refractivity contribution >= 4 is 17.7 Å². The number of thioether (sulfide) groups is 1. The third kappa shape index (κ3) is 5.17. The highest BCUT2D eigenvalue weighted by Gasteiger charge is 2.19. The summed E-state index contributed by atoms with van der Waals surface area (Å²) in [6.07, 6.45) is 3.69. The SMILES string of the molecule is CCNC(=NCC(C)SC)N1CCC(O)CC1. The quantitative estimate of drug-likeness (QED) is 0.587. The Kier molecular flexibility index (Phi) is 6.73. The molecule has 4 nitrogen and oxygen atoms in total.